The molecule has 0 spiro atoms. The molecule has 12 nitrogen and oxygen atoms in total. The van der Waals surface area contributed by atoms with Crippen LogP contribution in [0, 0.1) is 12.8 Å². The van der Waals surface area contributed by atoms with Crippen LogP contribution in [0.25, 0.3) is 5.69 Å². The van der Waals surface area contributed by atoms with Crippen LogP contribution >= 0.6 is 0 Å². The lowest BCUT2D eigenvalue weighted by molar-refractivity contribution is -0.170. The van der Waals surface area contributed by atoms with Crippen LogP contribution in [-0.4, -0.2) is 64.6 Å². The molecule has 1 aliphatic heterocycles. The second-order valence-electron chi connectivity index (χ2n) is 13.0. The van der Waals surface area contributed by atoms with E-state index in [0.717, 1.165) is 37.1 Å². The number of nitrogens with one attached hydrogen (secondary N) is 2. The normalized spacial score (nSPS) is 15.0. The Morgan fingerprint density at radius 2 is 1.87 bits per heavy atom. The van der Waals surface area contributed by atoms with Crippen LogP contribution in [0.4, 0.5) is 21.9 Å². The number of ether oxygens (including phenoxy) is 3. The molecular weight excluding hydrogens is 588 g/mol. The predicted molar refractivity (Wildman–Crippen MR) is 176 cm³/mol. The van der Waals surface area contributed by atoms with Crippen molar-refractivity contribution in [2.24, 2.45) is 5.92 Å². The molecule has 1 fully saturated rings. The van der Waals surface area contributed by atoms with Gasteiger partial charge in [0.05, 0.1) is 23.5 Å². The van der Waals surface area contributed by atoms with Gasteiger partial charge in [-0.25, -0.2) is 14.5 Å². The summed E-state index contributed by atoms with van der Waals surface area (Å²) in [5.41, 5.74) is 2.79. The molecule has 2 amide bonds. The number of ketones is 1. The van der Waals surface area contributed by atoms with Crippen molar-refractivity contribution >= 4 is 34.8 Å². The molecule has 0 radical (unpaired) electrons. The number of aromatic nitrogens is 3. The Labute approximate surface area is 270 Å². The molecule has 2 aromatic carbocycles. The maximum atomic E-state index is 13.3. The van der Waals surface area contributed by atoms with Gasteiger partial charge in [0.25, 0.3) is 0 Å². The third kappa shape index (κ3) is 9.85. The average Bonchev–Trinajstić information content (AvgIpc) is 3.45. The molecule has 1 atom stereocenters. The summed E-state index contributed by atoms with van der Waals surface area (Å²) in [5, 5.41) is 9.91. The van der Waals surface area contributed by atoms with Crippen molar-refractivity contribution in [3.05, 3.63) is 59.7 Å². The first-order valence-corrected chi connectivity index (χ1v) is 15.7. The van der Waals surface area contributed by atoms with Gasteiger partial charge in [-0.3, -0.25) is 14.9 Å². The summed E-state index contributed by atoms with van der Waals surface area (Å²) in [5.74, 6) is 0.0859. The highest BCUT2D eigenvalue weighted by Crippen LogP contribution is 2.32. The zero-order valence-corrected chi connectivity index (χ0v) is 27.9. The lowest BCUT2D eigenvalue weighted by Gasteiger charge is -2.26. The Bertz CT molecular complexity index is 1520. The number of amides is 2. The number of aryl methyl sites for hydroxylation is 1. The van der Waals surface area contributed by atoms with Crippen LogP contribution < -0.4 is 15.5 Å². The number of anilines is 3. The molecule has 1 saturated heterocycles. The van der Waals surface area contributed by atoms with Gasteiger partial charge in [-0.2, -0.15) is 5.10 Å². The Morgan fingerprint density at radius 3 is 2.57 bits per heavy atom. The minimum absolute atomic E-state index is 0.205. The highest BCUT2D eigenvalue weighted by molar-refractivity contribution is 6.12. The van der Waals surface area contributed by atoms with Crippen molar-refractivity contribution in [2.45, 2.75) is 85.7 Å². The van der Waals surface area contributed by atoms with Crippen LogP contribution in [0.3, 0.4) is 0 Å². The van der Waals surface area contributed by atoms with Gasteiger partial charge in [0.2, 0.25) is 5.91 Å². The molecule has 3 aromatic rings. The summed E-state index contributed by atoms with van der Waals surface area (Å²) in [7, 11) is 1.98. The number of hydrogen-bond acceptors (Lipinski definition) is 9. The summed E-state index contributed by atoms with van der Waals surface area (Å²) in [6.07, 6.45) is 3.01. The largest absolute Gasteiger partial charge is 0.444 e. The van der Waals surface area contributed by atoms with Crippen LogP contribution in [0.2, 0.25) is 0 Å². The average molecular weight is 635 g/mol. The maximum absolute atomic E-state index is 13.3. The zero-order valence-electron chi connectivity index (χ0n) is 27.9. The minimum atomic E-state index is -0.708. The van der Waals surface area contributed by atoms with Crippen molar-refractivity contribution in [1.29, 1.82) is 0 Å². The van der Waals surface area contributed by atoms with Gasteiger partial charge in [-0.05, 0) is 82.7 Å². The topological polar surface area (TPSA) is 137 Å². The highest BCUT2D eigenvalue weighted by Gasteiger charge is 2.22. The summed E-state index contributed by atoms with van der Waals surface area (Å²) in [4.78, 5) is 45.6. The van der Waals surface area contributed by atoms with E-state index in [9.17, 15) is 14.4 Å². The molecule has 0 bridgehead atoms. The van der Waals surface area contributed by atoms with Crippen molar-refractivity contribution < 1.29 is 28.6 Å². The summed E-state index contributed by atoms with van der Waals surface area (Å²) in [6.45, 7) is 13.2. The first-order valence-electron chi connectivity index (χ1n) is 15.7. The van der Waals surface area contributed by atoms with Crippen molar-refractivity contribution in [3.63, 3.8) is 0 Å². The number of benzene rings is 2. The highest BCUT2D eigenvalue weighted by atomic mass is 16.7. The van der Waals surface area contributed by atoms with Gasteiger partial charge in [0.15, 0.2) is 17.9 Å². The van der Waals surface area contributed by atoms with E-state index in [2.05, 4.69) is 39.5 Å². The van der Waals surface area contributed by atoms with Crippen molar-refractivity contribution in [3.8, 4) is 5.69 Å². The second-order valence-corrected chi connectivity index (χ2v) is 13.0. The minimum Gasteiger partial charge on any atom is -0.444 e. The molecule has 2 heterocycles. The van der Waals surface area contributed by atoms with Crippen LogP contribution in [0.1, 0.15) is 82.0 Å². The predicted octanol–water partition coefficient (Wildman–Crippen LogP) is 6.27. The van der Waals surface area contributed by atoms with Gasteiger partial charge >= 0.3 is 6.09 Å². The fourth-order valence-corrected chi connectivity index (χ4v) is 5.22. The van der Waals surface area contributed by atoms with Gasteiger partial charge < -0.3 is 24.4 Å². The standard InChI is InChI=1S/C34H46N6O6/c1-22(2)19-39(7)28-17-27(38-33(43)46-34(4,5)6)26(15-23(28)3)37-31(42)18-29(41)24-11-10-12-25(16-24)40-30(35-21-36-40)20-45-32-13-8-9-14-44-32/h10-12,15-17,21-22,32H,8-9,13-14,18-20H2,1-7H3,(H,37,42)(H,38,43). The number of carbonyl (C=O) groups is 3. The number of nitrogens with zero attached hydrogens (tertiary/aromatic N) is 4. The van der Waals surface area contributed by atoms with E-state index >= 15 is 0 Å². The first kappa shape index (κ1) is 34.6. The molecule has 1 aliphatic rings. The van der Waals surface area contributed by atoms with Crippen molar-refractivity contribution in [1.82, 2.24) is 14.8 Å². The fourth-order valence-electron chi connectivity index (χ4n) is 5.22. The van der Waals surface area contributed by atoms with Gasteiger partial charge in [0.1, 0.15) is 18.5 Å². The van der Waals surface area contributed by atoms with Gasteiger partial charge in [0, 0.05) is 31.5 Å². The molecule has 0 saturated carbocycles. The number of carbonyl (C=O) groups excluding carboxylic acids is 3. The monoisotopic (exact) mass is 634 g/mol. The fraction of sp³-hybridized carbons (Fsp3) is 0.500. The van der Waals surface area contributed by atoms with E-state index in [4.69, 9.17) is 14.2 Å². The van der Waals surface area contributed by atoms with E-state index < -0.39 is 24.0 Å². The first-order chi connectivity index (χ1) is 21.8. The molecule has 2 N–H and O–H groups in total. The summed E-state index contributed by atoms with van der Waals surface area (Å²) >= 11 is 0. The SMILES string of the molecule is Cc1cc(NC(=O)CC(=O)c2cccc(-n3ncnc3COC3CCCCO3)c2)c(NC(=O)OC(C)(C)C)cc1N(C)CC(C)C. The lowest BCUT2D eigenvalue weighted by Crippen LogP contribution is -2.28. The second kappa shape index (κ2) is 15.3. The molecule has 1 aromatic heterocycles. The molecule has 12 heteroatoms. The number of rotatable bonds is 12. The third-order valence-corrected chi connectivity index (χ3v) is 7.18. The molecule has 0 aliphatic carbocycles. The van der Waals surface area contributed by atoms with E-state index in [0.29, 0.717) is 41.0 Å². The summed E-state index contributed by atoms with van der Waals surface area (Å²) in [6, 6.07) is 10.5. The number of hydrogen-bond donors (Lipinski definition) is 2. The maximum Gasteiger partial charge on any atom is 0.412 e. The third-order valence-electron chi connectivity index (χ3n) is 7.18. The van der Waals surface area contributed by atoms with Crippen LogP contribution in [0.5, 0.6) is 0 Å². The smallest absolute Gasteiger partial charge is 0.412 e. The Kier molecular flexibility index (Phi) is 11.5. The van der Waals surface area contributed by atoms with E-state index in [-0.39, 0.29) is 18.7 Å². The van der Waals surface area contributed by atoms with E-state index in [1.165, 1.54) is 6.33 Å². The number of Topliss-reactive ketones (excluding diaryl/α,β-unsaturated/α-hetero) is 1. The molecule has 1 unspecified atom stereocenters. The molecule has 4 rings (SSSR count). The Balaban J connectivity index is 1.48. The van der Waals surface area contributed by atoms with Gasteiger partial charge in [-0.1, -0.05) is 26.0 Å². The molecular formula is C34H46N6O6. The molecule has 46 heavy (non-hydrogen) atoms. The summed E-state index contributed by atoms with van der Waals surface area (Å²) < 4.78 is 18.6. The van der Waals surface area contributed by atoms with Crippen LogP contribution in [0.15, 0.2) is 42.7 Å². The quantitative estimate of drug-likeness (QED) is 0.174. The Hall–Kier alpha value is -4.29. The van der Waals surface area contributed by atoms with E-state index in [1.807, 2.05) is 20.0 Å². The van der Waals surface area contributed by atoms with Crippen molar-refractivity contribution in [2.75, 3.05) is 35.7 Å². The Morgan fingerprint density at radius 1 is 1.11 bits per heavy atom. The zero-order chi connectivity index (χ0) is 33.4. The molecule has 248 valence electrons. The van der Waals surface area contributed by atoms with Gasteiger partial charge in [-0.15, -0.1) is 0 Å². The lowest BCUT2D eigenvalue weighted by atomic mass is 10.1. The van der Waals surface area contributed by atoms with E-state index in [1.54, 1.807) is 55.8 Å². The van der Waals surface area contributed by atoms with Crippen LogP contribution in [-0.2, 0) is 25.6 Å².